The van der Waals surface area contributed by atoms with Gasteiger partial charge >= 0.3 is 0 Å². The first-order valence-corrected chi connectivity index (χ1v) is 6.32. The fraction of sp³-hybridized carbons (Fsp3) is 0.667. The molecular weight excluding hydrogens is 214 g/mol. The lowest BCUT2D eigenvalue weighted by molar-refractivity contribution is 0.413. The van der Waals surface area contributed by atoms with E-state index in [1.165, 1.54) is 0 Å². The molecule has 96 valence electrons. The van der Waals surface area contributed by atoms with Crippen LogP contribution >= 0.6 is 0 Å². The molecule has 5 heteroatoms. The van der Waals surface area contributed by atoms with Gasteiger partial charge in [-0.2, -0.15) is 0 Å². The normalized spacial score (nSPS) is 16.3. The van der Waals surface area contributed by atoms with Crippen molar-refractivity contribution in [3.05, 3.63) is 12.4 Å². The number of piperidine rings is 1. The van der Waals surface area contributed by atoms with Gasteiger partial charge in [-0.15, -0.1) is 0 Å². The molecule has 1 fully saturated rings. The molecule has 0 amide bonds. The monoisotopic (exact) mass is 237 g/mol. The van der Waals surface area contributed by atoms with E-state index in [1.54, 1.807) is 12.4 Å². The topological polar surface area (TPSA) is 81.1 Å². The Labute approximate surface area is 103 Å². The quantitative estimate of drug-likeness (QED) is 0.809. The van der Waals surface area contributed by atoms with Crippen LogP contribution in [-0.4, -0.2) is 29.6 Å². The van der Waals surface area contributed by atoms with Crippen LogP contribution in [0.1, 0.15) is 26.7 Å². The third-order valence-electron chi connectivity index (χ3n) is 2.93. The smallest absolute Gasteiger partial charge is 0.147 e. The van der Waals surface area contributed by atoms with Crippen LogP contribution in [0.2, 0.25) is 0 Å². The van der Waals surface area contributed by atoms with E-state index in [0.29, 0.717) is 11.7 Å². The van der Waals surface area contributed by atoms with Crippen molar-refractivity contribution in [1.82, 2.24) is 9.97 Å². The Bertz CT molecular complexity index is 303. The molecule has 1 aliphatic heterocycles. The fourth-order valence-electron chi connectivity index (χ4n) is 1.89. The Morgan fingerprint density at radius 1 is 1.24 bits per heavy atom. The minimum atomic E-state index is 0.468. The number of nitrogens with zero attached hydrogens (tertiary/aromatic N) is 3. The second kappa shape index (κ2) is 7.06. The van der Waals surface area contributed by atoms with E-state index < -0.39 is 0 Å². The van der Waals surface area contributed by atoms with Crippen LogP contribution in [0.4, 0.5) is 11.6 Å². The maximum Gasteiger partial charge on any atom is 0.147 e. The van der Waals surface area contributed by atoms with Crippen molar-refractivity contribution in [3.63, 3.8) is 0 Å². The average Bonchev–Trinajstić information content (AvgIpc) is 2.42. The van der Waals surface area contributed by atoms with Crippen molar-refractivity contribution >= 4 is 11.6 Å². The number of aromatic nitrogens is 2. The molecule has 0 saturated carbocycles. The lowest BCUT2D eigenvalue weighted by Gasteiger charge is -2.31. The highest BCUT2D eigenvalue weighted by atomic mass is 15.2. The lowest BCUT2D eigenvalue weighted by atomic mass is 9.97. The third kappa shape index (κ3) is 3.85. The number of nitrogens with two attached hydrogens (primary N) is 2. The summed E-state index contributed by atoms with van der Waals surface area (Å²) in [7, 11) is 0. The van der Waals surface area contributed by atoms with E-state index >= 15 is 0 Å². The van der Waals surface area contributed by atoms with Crippen molar-refractivity contribution in [2.24, 2.45) is 11.7 Å². The molecule has 0 spiro atoms. The zero-order valence-corrected chi connectivity index (χ0v) is 10.8. The van der Waals surface area contributed by atoms with Crippen molar-refractivity contribution in [2.75, 3.05) is 30.3 Å². The van der Waals surface area contributed by atoms with Gasteiger partial charge in [0.15, 0.2) is 0 Å². The van der Waals surface area contributed by atoms with Gasteiger partial charge in [0.25, 0.3) is 0 Å². The van der Waals surface area contributed by atoms with Crippen molar-refractivity contribution in [2.45, 2.75) is 26.7 Å². The molecule has 0 aliphatic carbocycles. The Kier molecular flexibility index (Phi) is 5.69. The molecule has 0 bridgehead atoms. The van der Waals surface area contributed by atoms with Gasteiger partial charge in [0, 0.05) is 13.1 Å². The van der Waals surface area contributed by atoms with E-state index in [-0.39, 0.29) is 0 Å². The standard InChI is InChI=1S/C10H17N5.C2H6/c11-5-8-1-3-15(4-2-8)10-7-13-9(12)6-14-10;1-2/h6-8H,1-5,11H2,(H2,12,13);1-2H3. The summed E-state index contributed by atoms with van der Waals surface area (Å²) in [6, 6.07) is 0. The molecule has 2 rings (SSSR count). The first-order chi connectivity index (χ1) is 8.29. The van der Waals surface area contributed by atoms with Crippen LogP contribution < -0.4 is 16.4 Å². The van der Waals surface area contributed by atoms with Crippen LogP contribution in [0.5, 0.6) is 0 Å². The highest BCUT2D eigenvalue weighted by Gasteiger charge is 2.18. The van der Waals surface area contributed by atoms with E-state index in [0.717, 1.165) is 38.3 Å². The third-order valence-corrected chi connectivity index (χ3v) is 2.93. The van der Waals surface area contributed by atoms with Crippen molar-refractivity contribution in [3.8, 4) is 0 Å². The molecule has 17 heavy (non-hydrogen) atoms. The van der Waals surface area contributed by atoms with Crippen LogP contribution in [-0.2, 0) is 0 Å². The molecular formula is C12H23N5. The van der Waals surface area contributed by atoms with E-state index in [9.17, 15) is 0 Å². The first kappa shape index (κ1) is 13.7. The van der Waals surface area contributed by atoms with Gasteiger partial charge in [-0.1, -0.05) is 13.8 Å². The Hall–Kier alpha value is -1.36. The molecule has 0 radical (unpaired) electrons. The van der Waals surface area contributed by atoms with Gasteiger partial charge in [0.05, 0.1) is 12.4 Å². The van der Waals surface area contributed by atoms with E-state index in [2.05, 4.69) is 14.9 Å². The lowest BCUT2D eigenvalue weighted by Crippen LogP contribution is -2.36. The second-order valence-electron chi connectivity index (χ2n) is 3.97. The zero-order chi connectivity index (χ0) is 12.7. The summed E-state index contributed by atoms with van der Waals surface area (Å²) >= 11 is 0. The molecule has 1 saturated heterocycles. The number of hydrogen-bond acceptors (Lipinski definition) is 5. The molecule has 4 N–H and O–H groups in total. The highest BCUT2D eigenvalue weighted by Crippen LogP contribution is 2.20. The summed E-state index contributed by atoms with van der Waals surface area (Å²) in [5.41, 5.74) is 11.1. The minimum absolute atomic E-state index is 0.468. The fourth-order valence-corrected chi connectivity index (χ4v) is 1.89. The van der Waals surface area contributed by atoms with Gasteiger partial charge in [-0.25, -0.2) is 9.97 Å². The predicted octanol–water partition coefficient (Wildman–Crippen LogP) is 1.26. The Morgan fingerprint density at radius 3 is 2.35 bits per heavy atom. The number of hydrogen-bond donors (Lipinski definition) is 2. The highest BCUT2D eigenvalue weighted by molar-refractivity contribution is 5.39. The summed E-state index contributed by atoms with van der Waals surface area (Å²) in [5, 5.41) is 0. The zero-order valence-electron chi connectivity index (χ0n) is 10.8. The number of anilines is 2. The van der Waals surface area contributed by atoms with E-state index in [1.807, 2.05) is 13.8 Å². The second-order valence-corrected chi connectivity index (χ2v) is 3.97. The van der Waals surface area contributed by atoms with Crippen LogP contribution in [0, 0.1) is 5.92 Å². The molecule has 5 nitrogen and oxygen atoms in total. The number of rotatable bonds is 2. The minimum Gasteiger partial charge on any atom is -0.382 e. The van der Waals surface area contributed by atoms with Gasteiger partial charge in [-0.3, -0.25) is 0 Å². The van der Waals surface area contributed by atoms with Gasteiger partial charge < -0.3 is 16.4 Å². The van der Waals surface area contributed by atoms with Crippen LogP contribution in [0.15, 0.2) is 12.4 Å². The molecule has 1 aliphatic rings. The molecule has 1 aromatic rings. The summed E-state index contributed by atoms with van der Waals surface area (Å²) in [4.78, 5) is 10.5. The number of nitrogen functional groups attached to an aromatic ring is 1. The summed E-state index contributed by atoms with van der Waals surface area (Å²) in [6.45, 7) is 6.82. The summed E-state index contributed by atoms with van der Waals surface area (Å²) in [6.07, 6.45) is 5.62. The van der Waals surface area contributed by atoms with E-state index in [4.69, 9.17) is 11.5 Å². The molecule has 1 aromatic heterocycles. The predicted molar refractivity (Wildman–Crippen MR) is 71.8 cm³/mol. The first-order valence-electron chi connectivity index (χ1n) is 6.32. The Balaban J connectivity index is 0.000000686. The van der Waals surface area contributed by atoms with Crippen molar-refractivity contribution < 1.29 is 0 Å². The van der Waals surface area contributed by atoms with Gasteiger partial charge in [0.2, 0.25) is 0 Å². The largest absolute Gasteiger partial charge is 0.382 e. The average molecular weight is 237 g/mol. The molecule has 2 heterocycles. The Morgan fingerprint density at radius 2 is 1.88 bits per heavy atom. The van der Waals surface area contributed by atoms with Crippen LogP contribution in [0.25, 0.3) is 0 Å². The van der Waals surface area contributed by atoms with Crippen LogP contribution in [0.3, 0.4) is 0 Å². The SMILES string of the molecule is CC.NCC1CCN(c2cnc(N)cn2)CC1. The summed E-state index contributed by atoms with van der Waals surface area (Å²) < 4.78 is 0. The van der Waals surface area contributed by atoms with Gasteiger partial charge in [0.1, 0.15) is 11.6 Å². The maximum atomic E-state index is 5.64. The van der Waals surface area contributed by atoms with Gasteiger partial charge in [-0.05, 0) is 25.3 Å². The molecule has 0 atom stereocenters. The summed E-state index contributed by atoms with van der Waals surface area (Å²) in [5.74, 6) is 2.05. The van der Waals surface area contributed by atoms with Crippen molar-refractivity contribution in [1.29, 1.82) is 0 Å². The maximum absolute atomic E-state index is 5.64. The molecule has 0 unspecified atom stereocenters. The molecule has 0 aromatic carbocycles.